The van der Waals surface area contributed by atoms with Crippen molar-refractivity contribution in [1.29, 1.82) is 0 Å². The minimum absolute atomic E-state index is 0.0237. The van der Waals surface area contributed by atoms with Gasteiger partial charge in [0.25, 0.3) is 5.91 Å². The largest absolute Gasteiger partial charge is 0.490 e. The van der Waals surface area contributed by atoms with Gasteiger partial charge in [-0.25, -0.2) is 0 Å². The summed E-state index contributed by atoms with van der Waals surface area (Å²) in [6, 6.07) is 3.85. The smallest absolute Gasteiger partial charge is 0.260 e. The van der Waals surface area contributed by atoms with E-state index in [2.05, 4.69) is 15.9 Å². The zero-order valence-corrected chi connectivity index (χ0v) is 13.9. The summed E-state index contributed by atoms with van der Waals surface area (Å²) in [5.41, 5.74) is 0.721. The van der Waals surface area contributed by atoms with Gasteiger partial charge in [-0.05, 0) is 53.4 Å². The third-order valence-electron chi connectivity index (χ3n) is 3.38. The van der Waals surface area contributed by atoms with Crippen LogP contribution in [0.1, 0.15) is 25.3 Å². The van der Waals surface area contributed by atoms with Crippen LogP contribution >= 0.6 is 15.9 Å². The van der Waals surface area contributed by atoms with Crippen LogP contribution in [0.5, 0.6) is 11.5 Å². The quantitative estimate of drug-likeness (QED) is 0.813. The molecule has 1 aliphatic carbocycles. The zero-order chi connectivity index (χ0) is 15.4. The van der Waals surface area contributed by atoms with Crippen LogP contribution in [0.2, 0.25) is 0 Å². The monoisotopic (exact) mass is 357 g/mol. The first-order valence-corrected chi connectivity index (χ1v) is 7.80. The molecule has 0 atom stereocenters. The Morgan fingerprint density at radius 2 is 2.14 bits per heavy atom. The number of hydrogen-bond acceptors (Lipinski definition) is 4. The number of benzene rings is 1. The summed E-state index contributed by atoms with van der Waals surface area (Å²) in [5.74, 6) is 0.975. The predicted molar refractivity (Wildman–Crippen MR) is 82.5 cm³/mol. The zero-order valence-electron chi connectivity index (χ0n) is 12.3. The molecule has 1 saturated carbocycles. The lowest BCUT2D eigenvalue weighted by molar-refractivity contribution is -0.132. The van der Waals surface area contributed by atoms with Crippen LogP contribution in [0.3, 0.4) is 0 Å². The van der Waals surface area contributed by atoms with E-state index >= 15 is 0 Å². The fourth-order valence-electron chi connectivity index (χ4n) is 2.02. The second-order valence-electron chi connectivity index (χ2n) is 5.02. The molecule has 21 heavy (non-hydrogen) atoms. The first-order valence-electron chi connectivity index (χ1n) is 7.01. The third kappa shape index (κ3) is 4.11. The van der Waals surface area contributed by atoms with Crippen molar-refractivity contribution in [3.63, 3.8) is 0 Å². The molecule has 1 aliphatic rings. The molecule has 0 saturated heterocycles. The van der Waals surface area contributed by atoms with Gasteiger partial charge in [-0.2, -0.15) is 0 Å². The van der Waals surface area contributed by atoms with Crippen LogP contribution < -0.4 is 9.47 Å². The lowest BCUT2D eigenvalue weighted by Crippen LogP contribution is -2.33. The van der Waals surface area contributed by atoms with E-state index in [4.69, 9.17) is 9.47 Å². The topological polar surface area (TPSA) is 59.0 Å². The molecule has 1 amide bonds. The molecule has 0 aromatic heterocycles. The van der Waals surface area contributed by atoms with Crippen LogP contribution in [0.4, 0.5) is 0 Å². The Morgan fingerprint density at radius 1 is 1.43 bits per heavy atom. The molecule has 1 aromatic rings. The summed E-state index contributed by atoms with van der Waals surface area (Å²) in [7, 11) is 1.80. The molecule has 116 valence electrons. The highest BCUT2D eigenvalue weighted by Gasteiger charge is 2.29. The summed E-state index contributed by atoms with van der Waals surface area (Å²) in [6.45, 7) is 2.25. The third-order valence-corrected chi connectivity index (χ3v) is 3.97. The van der Waals surface area contributed by atoms with E-state index in [1.54, 1.807) is 24.1 Å². The van der Waals surface area contributed by atoms with Crippen LogP contribution in [-0.4, -0.2) is 42.2 Å². The molecular formula is C15H20BrNO4. The Morgan fingerprint density at radius 3 is 2.71 bits per heavy atom. The molecule has 6 heteroatoms. The van der Waals surface area contributed by atoms with E-state index in [0.717, 1.165) is 18.4 Å². The molecule has 0 radical (unpaired) electrons. The van der Waals surface area contributed by atoms with Crippen molar-refractivity contribution in [2.24, 2.45) is 0 Å². The molecule has 5 nitrogen and oxygen atoms in total. The fraction of sp³-hybridized carbons (Fsp3) is 0.533. The summed E-state index contributed by atoms with van der Waals surface area (Å²) < 4.78 is 11.8. The Kier molecular flexibility index (Phi) is 5.47. The first-order chi connectivity index (χ1) is 10.1. The Hall–Kier alpha value is -1.27. The van der Waals surface area contributed by atoms with Gasteiger partial charge in [0.15, 0.2) is 18.1 Å². The predicted octanol–water partition coefficient (Wildman–Crippen LogP) is 2.34. The van der Waals surface area contributed by atoms with Gasteiger partial charge >= 0.3 is 0 Å². The Balaban J connectivity index is 2.08. The van der Waals surface area contributed by atoms with E-state index < -0.39 is 0 Å². The molecule has 0 heterocycles. The van der Waals surface area contributed by atoms with E-state index in [1.807, 2.05) is 6.92 Å². The number of rotatable bonds is 7. The second kappa shape index (κ2) is 7.13. The van der Waals surface area contributed by atoms with Gasteiger partial charge in [-0.3, -0.25) is 4.79 Å². The van der Waals surface area contributed by atoms with E-state index in [1.165, 1.54) is 0 Å². The van der Waals surface area contributed by atoms with Gasteiger partial charge in [0.2, 0.25) is 0 Å². The highest BCUT2D eigenvalue weighted by molar-refractivity contribution is 9.10. The first kappa shape index (κ1) is 16.1. The van der Waals surface area contributed by atoms with Crippen molar-refractivity contribution in [1.82, 2.24) is 4.90 Å². The van der Waals surface area contributed by atoms with Gasteiger partial charge in [-0.1, -0.05) is 0 Å². The minimum atomic E-state index is -0.0810. The Labute approximate surface area is 133 Å². The second-order valence-corrected chi connectivity index (χ2v) is 5.87. The molecule has 0 spiro atoms. The number of hydrogen-bond donors (Lipinski definition) is 1. The summed E-state index contributed by atoms with van der Waals surface area (Å²) in [5, 5.41) is 9.23. The van der Waals surface area contributed by atoms with E-state index in [0.29, 0.717) is 28.6 Å². The highest BCUT2D eigenvalue weighted by Crippen LogP contribution is 2.37. The van der Waals surface area contributed by atoms with Gasteiger partial charge in [-0.15, -0.1) is 0 Å². The molecule has 1 fully saturated rings. The van der Waals surface area contributed by atoms with Crippen molar-refractivity contribution in [3.05, 3.63) is 22.2 Å². The average molecular weight is 358 g/mol. The van der Waals surface area contributed by atoms with Crippen LogP contribution in [-0.2, 0) is 11.4 Å². The molecular weight excluding hydrogens is 338 g/mol. The Bertz CT molecular complexity index is 517. The van der Waals surface area contributed by atoms with Gasteiger partial charge in [0.05, 0.1) is 17.7 Å². The number of likely N-dealkylation sites (N-methyl/N-ethyl adjacent to an activating group) is 1. The number of ether oxygens (including phenoxy) is 2. The van der Waals surface area contributed by atoms with Crippen molar-refractivity contribution in [3.8, 4) is 11.5 Å². The van der Waals surface area contributed by atoms with E-state index in [-0.39, 0.29) is 19.1 Å². The number of amides is 1. The molecule has 2 rings (SSSR count). The maximum Gasteiger partial charge on any atom is 0.260 e. The lowest BCUT2D eigenvalue weighted by atomic mass is 10.2. The van der Waals surface area contributed by atoms with Crippen molar-refractivity contribution in [2.75, 3.05) is 20.3 Å². The number of halogens is 1. The molecule has 1 N–H and O–H groups in total. The normalized spacial score (nSPS) is 13.9. The number of carbonyl (C=O) groups is 1. The number of carbonyl (C=O) groups excluding carboxylic acids is 1. The fourth-order valence-corrected chi connectivity index (χ4v) is 2.62. The molecule has 0 unspecified atom stereocenters. The number of aliphatic hydroxyl groups is 1. The minimum Gasteiger partial charge on any atom is -0.490 e. The standard InChI is InChI=1S/C15H20BrNO4/c1-3-20-13-7-10(8-18)6-12(16)15(13)21-9-14(19)17(2)11-4-5-11/h6-7,11,18H,3-5,8-9H2,1-2H3. The SMILES string of the molecule is CCOc1cc(CO)cc(Br)c1OCC(=O)N(C)C1CC1. The van der Waals surface area contributed by atoms with Crippen LogP contribution in [0.25, 0.3) is 0 Å². The maximum absolute atomic E-state index is 12.0. The molecule has 1 aromatic carbocycles. The van der Waals surface area contributed by atoms with Crippen molar-refractivity contribution >= 4 is 21.8 Å². The molecule has 0 aliphatic heterocycles. The number of aliphatic hydroxyl groups excluding tert-OH is 1. The highest BCUT2D eigenvalue weighted by atomic mass is 79.9. The summed E-state index contributed by atoms with van der Waals surface area (Å²) in [4.78, 5) is 13.7. The van der Waals surface area contributed by atoms with Crippen LogP contribution in [0.15, 0.2) is 16.6 Å². The summed E-state index contributed by atoms with van der Waals surface area (Å²) in [6.07, 6.45) is 2.14. The van der Waals surface area contributed by atoms with Crippen LogP contribution in [0, 0.1) is 0 Å². The van der Waals surface area contributed by atoms with E-state index in [9.17, 15) is 9.90 Å². The maximum atomic E-state index is 12.0. The van der Waals surface area contributed by atoms with Gasteiger partial charge in [0.1, 0.15) is 0 Å². The van der Waals surface area contributed by atoms with Crippen molar-refractivity contribution in [2.45, 2.75) is 32.4 Å². The average Bonchev–Trinajstić information content (AvgIpc) is 3.29. The molecule has 0 bridgehead atoms. The van der Waals surface area contributed by atoms with Crippen molar-refractivity contribution < 1.29 is 19.4 Å². The van der Waals surface area contributed by atoms with Gasteiger partial charge < -0.3 is 19.5 Å². The summed E-state index contributed by atoms with van der Waals surface area (Å²) >= 11 is 3.40. The number of nitrogens with zero attached hydrogens (tertiary/aromatic N) is 1. The lowest BCUT2D eigenvalue weighted by Gasteiger charge is -2.18. The van der Waals surface area contributed by atoms with Gasteiger partial charge in [0, 0.05) is 13.1 Å².